The fourth-order valence-corrected chi connectivity index (χ4v) is 3.13. The van der Waals surface area contributed by atoms with Crippen LogP contribution >= 0.6 is 49.9 Å². The monoisotopic (exact) mass is 435 g/mol. The molecule has 94 valence electrons. The first-order valence-corrected chi connectivity index (χ1v) is 8.12. The number of benzene rings is 1. The van der Waals surface area contributed by atoms with E-state index in [1.165, 1.54) is 0 Å². The van der Waals surface area contributed by atoms with Crippen molar-refractivity contribution in [3.8, 4) is 0 Å². The molecule has 0 fully saturated rings. The quantitative estimate of drug-likeness (QED) is 0.701. The van der Waals surface area contributed by atoms with E-state index in [2.05, 4.69) is 43.8 Å². The second-order valence-corrected chi connectivity index (χ2v) is 7.61. The first kappa shape index (κ1) is 14.0. The minimum Gasteiger partial charge on any atom is -0.345 e. The topological polar surface area (TPSA) is 29.1 Å². The molecule has 2 nitrogen and oxygen atoms in total. The average Bonchev–Trinajstić information content (AvgIpc) is 2.76. The van der Waals surface area contributed by atoms with E-state index in [1.54, 1.807) is 11.3 Å². The number of thiophene rings is 1. The molecule has 0 saturated heterocycles. The summed E-state index contributed by atoms with van der Waals surface area (Å²) in [4.78, 5) is 12.0. The minimum atomic E-state index is -0.0235. The summed E-state index contributed by atoms with van der Waals surface area (Å²) in [5, 5.41) is 4.87. The normalized spacial score (nSPS) is 12.2. The van der Waals surface area contributed by atoms with Crippen LogP contribution in [0.1, 0.15) is 28.9 Å². The van der Waals surface area contributed by atoms with Gasteiger partial charge in [-0.25, -0.2) is 0 Å². The van der Waals surface area contributed by atoms with Crippen molar-refractivity contribution in [2.45, 2.75) is 13.0 Å². The maximum atomic E-state index is 12.0. The van der Waals surface area contributed by atoms with Gasteiger partial charge < -0.3 is 5.32 Å². The van der Waals surface area contributed by atoms with Gasteiger partial charge in [-0.2, -0.15) is 0 Å². The number of carbonyl (C=O) groups is 1. The molecule has 5 heteroatoms. The van der Waals surface area contributed by atoms with Gasteiger partial charge in [0.2, 0.25) is 0 Å². The third kappa shape index (κ3) is 3.55. The van der Waals surface area contributed by atoms with Gasteiger partial charge in [0.05, 0.1) is 14.5 Å². The lowest BCUT2D eigenvalue weighted by molar-refractivity contribution is 0.0940. The minimum absolute atomic E-state index is 0.00293. The Hall–Kier alpha value is -0.400. The van der Waals surface area contributed by atoms with Gasteiger partial charge in [0.1, 0.15) is 0 Å². The van der Waals surface area contributed by atoms with Crippen LogP contribution in [-0.2, 0) is 0 Å². The Bertz CT molecular complexity index is 552. The second-order valence-electron chi connectivity index (χ2n) is 3.89. The SMILES string of the molecule is C[C@@H](NC(=O)c1csc(I)c1)c1ccc(Br)cc1. The largest absolute Gasteiger partial charge is 0.345 e. The lowest BCUT2D eigenvalue weighted by Gasteiger charge is -2.13. The van der Waals surface area contributed by atoms with Gasteiger partial charge >= 0.3 is 0 Å². The summed E-state index contributed by atoms with van der Waals surface area (Å²) in [5.41, 5.74) is 1.82. The molecule has 1 heterocycles. The van der Waals surface area contributed by atoms with Crippen molar-refractivity contribution in [1.29, 1.82) is 0 Å². The van der Waals surface area contributed by atoms with Crippen molar-refractivity contribution < 1.29 is 4.79 Å². The predicted octanol–water partition coefficient (Wildman–Crippen LogP) is 4.61. The molecule has 2 aromatic rings. The highest BCUT2D eigenvalue weighted by Gasteiger charge is 2.12. The molecule has 1 aromatic carbocycles. The Morgan fingerprint density at radius 3 is 2.61 bits per heavy atom. The first-order valence-electron chi connectivity index (χ1n) is 5.36. The molecule has 0 unspecified atom stereocenters. The van der Waals surface area contributed by atoms with Gasteiger partial charge in [0, 0.05) is 9.85 Å². The molecular formula is C13H11BrINOS. The Balaban J connectivity index is 2.05. The predicted molar refractivity (Wildman–Crippen MR) is 87.1 cm³/mol. The van der Waals surface area contributed by atoms with E-state index >= 15 is 0 Å². The number of hydrogen-bond acceptors (Lipinski definition) is 2. The van der Waals surface area contributed by atoms with Crippen molar-refractivity contribution in [3.63, 3.8) is 0 Å². The summed E-state index contributed by atoms with van der Waals surface area (Å²) in [6, 6.07) is 9.87. The summed E-state index contributed by atoms with van der Waals surface area (Å²) in [6.45, 7) is 1.98. The Morgan fingerprint density at radius 1 is 1.39 bits per heavy atom. The van der Waals surface area contributed by atoms with Crippen LogP contribution < -0.4 is 5.32 Å². The summed E-state index contributed by atoms with van der Waals surface area (Å²) in [5.74, 6) is -0.0235. The van der Waals surface area contributed by atoms with E-state index in [1.807, 2.05) is 42.6 Å². The molecule has 1 aromatic heterocycles. The van der Waals surface area contributed by atoms with Gasteiger partial charge in [-0.05, 0) is 53.3 Å². The third-order valence-corrected chi connectivity index (χ3v) is 4.86. The maximum absolute atomic E-state index is 12.0. The van der Waals surface area contributed by atoms with E-state index in [0.717, 1.165) is 18.5 Å². The van der Waals surface area contributed by atoms with Crippen molar-refractivity contribution in [2.75, 3.05) is 0 Å². The van der Waals surface area contributed by atoms with Gasteiger partial charge in [-0.1, -0.05) is 28.1 Å². The van der Waals surface area contributed by atoms with Crippen molar-refractivity contribution in [1.82, 2.24) is 5.32 Å². The standard InChI is InChI=1S/C13H11BrINOS/c1-8(9-2-4-11(14)5-3-9)16-13(17)10-6-12(15)18-7-10/h2-8H,1H3,(H,16,17)/t8-/m1/s1. The zero-order valence-corrected chi connectivity index (χ0v) is 14.2. The highest BCUT2D eigenvalue weighted by molar-refractivity contribution is 14.1. The van der Waals surface area contributed by atoms with E-state index in [0.29, 0.717) is 0 Å². The number of hydrogen-bond donors (Lipinski definition) is 1. The maximum Gasteiger partial charge on any atom is 0.252 e. The molecular weight excluding hydrogens is 425 g/mol. The first-order chi connectivity index (χ1) is 8.56. The number of carbonyl (C=O) groups excluding carboxylic acids is 1. The molecule has 0 aliphatic rings. The van der Waals surface area contributed by atoms with Crippen molar-refractivity contribution in [3.05, 3.63) is 54.2 Å². The van der Waals surface area contributed by atoms with Crippen LogP contribution in [0.4, 0.5) is 0 Å². The zero-order chi connectivity index (χ0) is 13.1. The van der Waals surface area contributed by atoms with Crippen molar-refractivity contribution >= 4 is 55.8 Å². The van der Waals surface area contributed by atoms with Gasteiger partial charge in [0.15, 0.2) is 0 Å². The van der Waals surface area contributed by atoms with Crippen LogP contribution in [0.25, 0.3) is 0 Å². The van der Waals surface area contributed by atoms with Crippen LogP contribution in [0.3, 0.4) is 0 Å². The molecule has 2 rings (SSSR count). The molecule has 0 aliphatic heterocycles. The van der Waals surface area contributed by atoms with Crippen molar-refractivity contribution in [2.24, 2.45) is 0 Å². The molecule has 0 spiro atoms. The fraction of sp³-hybridized carbons (Fsp3) is 0.154. The van der Waals surface area contributed by atoms with E-state index in [9.17, 15) is 4.79 Å². The molecule has 1 atom stereocenters. The molecule has 0 bridgehead atoms. The molecule has 1 amide bonds. The van der Waals surface area contributed by atoms with E-state index in [-0.39, 0.29) is 11.9 Å². The second kappa shape index (κ2) is 6.16. The highest BCUT2D eigenvalue weighted by Crippen LogP contribution is 2.19. The zero-order valence-electron chi connectivity index (χ0n) is 9.61. The van der Waals surface area contributed by atoms with E-state index in [4.69, 9.17) is 0 Å². The average molecular weight is 436 g/mol. The van der Waals surface area contributed by atoms with E-state index < -0.39 is 0 Å². The number of rotatable bonds is 3. The third-order valence-electron chi connectivity index (χ3n) is 2.55. The molecule has 0 saturated carbocycles. The van der Waals surface area contributed by atoms with Gasteiger partial charge in [-0.3, -0.25) is 4.79 Å². The van der Waals surface area contributed by atoms with Gasteiger partial charge in [-0.15, -0.1) is 11.3 Å². The van der Waals surface area contributed by atoms with Crippen LogP contribution in [0, 0.1) is 2.88 Å². The molecule has 0 aliphatic carbocycles. The summed E-state index contributed by atoms with van der Waals surface area (Å²) < 4.78 is 2.16. The van der Waals surface area contributed by atoms with Crippen LogP contribution in [-0.4, -0.2) is 5.91 Å². The highest BCUT2D eigenvalue weighted by atomic mass is 127. The number of halogens is 2. The number of amides is 1. The van der Waals surface area contributed by atoms with Crippen LogP contribution in [0.2, 0.25) is 0 Å². The smallest absolute Gasteiger partial charge is 0.252 e. The lowest BCUT2D eigenvalue weighted by atomic mass is 10.1. The number of nitrogens with one attached hydrogen (secondary N) is 1. The van der Waals surface area contributed by atoms with Gasteiger partial charge in [0.25, 0.3) is 5.91 Å². The molecule has 18 heavy (non-hydrogen) atoms. The summed E-state index contributed by atoms with van der Waals surface area (Å²) >= 11 is 7.19. The Morgan fingerprint density at radius 2 is 2.06 bits per heavy atom. The molecule has 0 radical (unpaired) electrons. The Labute approximate surface area is 132 Å². The Kier molecular flexibility index (Phi) is 4.80. The lowest BCUT2D eigenvalue weighted by Crippen LogP contribution is -2.26. The molecule has 1 N–H and O–H groups in total. The summed E-state index contributed by atoms with van der Waals surface area (Å²) in [7, 11) is 0. The summed E-state index contributed by atoms with van der Waals surface area (Å²) in [6.07, 6.45) is 0. The van der Waals surface area contributed by atoms with Crippen LogP contribution in [0.5, 0.6) is 0 Å². The van der Waals surface area contributed by atoms with Crippen LogP contribution in [0.15, 0.2) is 40.2 Å². The fourth-order valence-electron chi connectivity index (χ4n) is 1.54.